The second-order valence-electron chi connectivity index (χ2n) is 7.74. The Morgan fingerprint density at radius 2 is 1.96 bits per heavy atom. The van der Waals surface area contributed by atoms with Gasteiger partial charge in [0.1, 0.15) is 0 Å². The van der Waals surface area contributed by atoms with Crippen LogP contribution in [0.4, 0.5) is 10.5 Å². The largest absolute Gasteiger partial charge is 0.337 e. The van der Waals surface area contributed by atoms with Crippen LogP contribution in [0.2, 0.25) is 0 Å². The van der Waals surface area contributed by atoms with Gasteiger partial charge >= 0.3 is 6.03 Å². The van der Waals surface area contributed by atoms with Crippen molar-refractivity contribution in [2.75, 3.05) is 25.5 Å². The number of piperidine rings is 1. The van der Waals surface area contributed by atoms with Crippen LogP contribution in [0.15, 0.2) is 18.2 Å². The van der Waals surface area contributed by atoms with E-state index in [1.807, 2.05) is 51.8 Å². The van der Waals surface area contributed by atoms with Crippen molar-refractivity contribution in [2.45, 2.75) is 52.1 Å². The van der Waals surface area contributed by atoms with Gasteiger partial charge in [0, 0.05) is 35.9 Å². The highest BCUT2D eigenvalue weighted by molar-refractivity contribution is 5.97. The third-order valence-corrected chi connectivity index (χ3v) is 4.34. The molecular formula is C19H30N4O2. The van der Waals surface area contributed by atoms with Crippen LogP contribution in [0, 0.1) is 6.92 Å². The summed E-state index contributed by atoms with van der Waals surface area (Å²) >= 11 is 0. The Bertz CT molecular complexity index is 637. The SMILES string of the molecule is CNC1CCCN(C(=O)c2ccc(C)c(NC(=O)NC(C)(C)C)c2)C1. The Hall–Kier alpha value is -2.08. The molecule has 25 heavy (non-hydrogen) atoms. The molecule has 1 saturated heterocycles. The van der Waals surface area contributed by atoms with E-state index in [0.717, 1.165) is 31.5 Å². The molecule has 0 radical (unpaired) electrons. The highest BCUT2D eigenvalue weighted by Gasteiger charge is 2.24. The number of rotatable bonds is 3. The zero-order valence-electron chi connectivity index (χ0n) is 15.9. The van der Waals surface area contributed by atoms with Crippen molar-refractivity contribution in [3.63, 3.8) is 0 Å². The molecule has 1 fully saturated rings. The normalized spacial score (nSPS) is 18.0. The number of amides is 3. The zero-order valence-corrected chi connectivity index (χ0v) is 15.9. The summed E-state index contributed by atoms with van der Waals surface area (Å²) in [7, 11) is 1.93. The third kappa shape index (κ3) is 5.46. The van der Waals surface area contributed by atoms with Crippen molar-refractivity contribution in [2.24, 2.45) is 0 Å². The first-order valence-electron chi connectivity index (χ1n) is 8.86. The van der Waals surface area contributed by atoms with Gasteiger partial charge < -0.3 is 20.9 Å². The quantitative estimate of drug-likeness (QED) is 0.788. The van der Waals surface area contributed by atoms with Crippen molar-refractivity contribution in [3.8, 4) is 0 Å². The first-order valence-corrected chi connectivity index (χ1v) is 8.86. The summed E-state index contributed by atoms with van der Waals surface area (Å²) in [5, 5.41) is 8.97. The Morgan fingerprint density at radius 1 is 1.24 bits per heavy atom. The number of benzene rings is 1. The maximum absolute atomic E-state index is 12.8. The molecule has 2 rings (SSSR count). The Balaban J connectivity index is 2.12. The van der Waals surface area contributed by atoms with Gasteiger partial charge in [0.2, 0.25) is 0 Å². The van der Waals surface area contributed by atoms with Crippen LogP contribution < -0.4 is 16.0 Å². The number of hydrogen-bond donors (Lipinski definition) is 3. The van der Waals surface area contributed by atoms with Crippen molar-refractivity contribution >= 4 is 17.6 Å². The van der Waals surface area contributed by atoms with Crippen molar-refractivity contribution in [3.05, 3.63) is 29.3 Å². The van der Waals surface area contributed by atoms with Gasteiger partial charge in [-0.05, 0) is 65.3 Å². The number of aryl methyl sites for hydroxylation is 1. The molecule has 1 heterocycles. The second kappa shape index (κ2) is 7.87. The van der Waals surface area contributed by atoms with E-state index in [9.17, 15) is 9.59 Å². The summed E-state index contributed by atoms with van der Waals surface area (Å²) < 4.78 is 0. The summed E-state index contributed by atoms with van der Waals surface area (Å²) in [6.07, 6.45) is 2.09. The standard InChI is InChI=1S/C19H30N4O2/c1-13-8-9-14(11-16(13)21-18(25)22-19(2,3)4)17(24)23-10-6-7-15(12-23)20-5/h8-9,11,15,20H,6-7,10,12H2,1-5H3,(H2,21,22,25). The van der Waals surface area contributed by atoms with E-state index in [1.54, 1.807) is 6.07 Å². The molecule has 6 heteroatoms. The van der Waals surface area contributed by atoms with Gasteiger partial charge in [-0.25, -0.2) is 4.79 Å². The number of likely N-dealkylation sites (tertiary alicyclic amines) is 1. The van der Waals surface area contributed by atoms with Gasteiger partial charge in [-0.2, -0.15) is 0 Å². The molecule has 1 aromatic rings. The van der Waals surface area contributed by atoms with Crippen LogP contribution in [-0.4, -0.2) is 48.6 Å². The minimum Gasteiger partial charge on any atom is -0.337 e. The van der Waals surface area contributed by atoms with Gasteiger partial charge in [0.15, 0.2) is 0 Å². The zero-order chi connectivity index (χ0) is 18.6. The van der Waals surface area contributed by atoms with E-state index in [1.165, 1.54) is 0 Å². The van der Waals surface area contributed by atoms with Crippen LogP contribution in [-0.2, 0) is 0 Å². The number of urea groups is 1. The minimum absolute atomic E-state index is 0.0132. The van der Waals surface area contributed by atoms with Crippen LogP contribution in [0.3, 0.4) is 0 Å². The summed E-state index contributed by atoms with van der Waals surface area (Å²) in [6.45, 7) is 9.18. The molecule has 0 saturated carbocycles. The molecule has 138 valence electrons. The highest BCUT2D eigenvalue weighted by Crippen LogP contribution is 2.20. The number of carbonyl (C=O) groups excluding carboxylic acids is 2. The minimum atomic E-state index is -0.318. The van der Waals surface area contributed by atoms with Gasteiger partial charge in [-0.1, -0.05) is 6.07 Å². The number of nitrogens with zero attached hydrogens (tertiary/aromatic N) is 1. The first-order chi connectivity index (χ1) is 11.7. The van der Waals surface area contributed by atoms with E-state index in [0.29, 0.717) is 17.3 Å². The first kappa shape index (κ1) is 19.2. The smallest absolute Gasteiger partial charge is 0.319 e. The predicted molar refractivity (Wildman–Crippen MR) is 101 cm³/mol. The summed E-state index contributed by atoms with van der Waals surface area (Å²) in [4.78, 5) is 26.8. The van der Waals surface area contributed by atoms with E-state index in [2.05, 4.69) is 16.0 Å². The number of nitrogens with one attached hydrogen (secondary N) is 3. The van der Waals surface area contributed by atoms with E-state index < -0.39 is 0 Å². The fourth-order valence-corrected chi connectivity index (χ4v) is 2.96. The molecule has 6 nitrogen and oxygen atoms in total. The maximum atomic E-state index is 12.8. The van der Waals surface area contributed by atoms with E-state index in [4.69, 9.17) is 0 Å². The molecule has 0 spiro atoms. The monoisotopic (exact) mass is 346 g/mol. The molecular weight excluding hydrogens is 316 g/mol. The van der Waals surface area contributed by atoms with Crippen molar-refractivity contribution in [1.82, 2.24) is 15.5 Å². The topological polar surface area (TPSA) is 73.5 Å². The fourth-order valence-electron chi connectivity index (χ4n) is 2.96. The molecule has 1 atom stereocenters. The maximum Gasteiger partial charge on any atom is 0.319 e. The van der Waals surface area contributed by atoms with Crippen LogP contribution in [0.5, 0.6) is 0 Å². The molecule has 0 aliphatic carbocycles. The van der Waals surface area contributed by atoms with E-state index in [-0.39, 0.29) is 17.5 Å². The Morgan fingerprint density at radius 3 is 2.60 bits per heavy atom. The van der Waals surface area contributed by atoms with Crippen molar-refractivity contribution < 1.29 is 9.59 Å². The Labute approximate surface area is 150 Å². The van der Waals surface area contributed by atoms with Crippen LogP contribution in [0.25, 0.3) is 0 Å². The average Bonchev–Trinajstić information content (AvgIpc) is 2.54. The summed E-state index contributed by atoms with van der Waals surface area (Å²) in [5.41, 5.74) is 1.87. The van der Waals surface area contributed by atoms with E-state index >= 15 is 0 Å². The Kier molecular flexibility index (Phi) is 6.06. The molecule has 3 N–H and O–H groups in total. The van der Waals surface area contributed by atoms with Crippen LogP contribution in [0.1, 0.15) is 49.5 Å². The molecule has 1 aliphatic rings. The van der Waals surface area contributed by atoms with Gasteiger partial charge in [-0.15, -0.1) is 0 Å². The lowest BCUT2D eigenvalue weighted by molar-refractivity contribution is 0.0698. The summed E-state index contributed by atoms with van der Waals surface area (Å²) in [6, 6.07) is 5.54. The van der Waals surface area contributed by atoms with Crippen molar-refractivity contribution in [1.29, 1.82) is 0 Å². The number of hydrogen-bond acceptors (Lipinski definition) is 3. The lowest BCUT2D eigenvalue weighted by Gasteiger charge is -2.32. The molecule has 1 aliphatic heterocycles. The average molecular weight is 346 g/mol. The fraction of sp³-hybridized carbons (Fsp3) is 0.579. The second-order valence-corrected chi connectivity index (χ2v) is 7.74. The molecule has 1 aromatic carbocycles. The highest BCUT2D eigenvalue weighted by atomic mass is 16.2. The number of likely N-dealkylation sites (N-methyl/N-ethyl adjacent to an activating group) is 1. The van der Waals surface area contributed by atoms with Crippen LogP contribution >= 0.6 is 0 Å². The molecule has 3 amide bonds. The third-order valence-electron chi connectivity index (χ3n) is 4.34. The number of carbonyl (C=O) groups is 2. The van der Waals surface area contributed by atoms with Gasteiger partial charge in [-0.3, -0.25) is 4.79 Å². The molecule has 1 unspecified atom stereocenters. The molecule has 0 bridgehead atoms. The lowest BCUT2D eigenvalue weighted by atomic mass is 10.0. The predicted octanol–water partition coefficient (Wildman–Crippen LogP) is 2.74. The number of anilines is 1. The summed E-state index contributed by atoms with van der Waals surface area (Å²) in [5.74, 6) is 0.0132. The van der Waals surface area contributed by atoms with Gasteiger partial charge in [0.05, 0.1) is 0 Å². The lowest BCUT2D eigenvalue weighted by Crippen LogP contribution is -2.47. The van der Waals surface area contributed by atoms with Gasteiger partial charge in [0.25, 0.3) is 5.91 Å². The molecule has 0 aromatic heterocycles.